The van der Waals surface area contributed by atoms with Gasteiger partial charge in [0.1, 0.15) is 5.82 Å². The van der Waals surface area contributed by atoms with E-state index in [0.717, 1.165) is 22.5 Å². The summed E-state index contributed by atoms with van der Waals surface area (Å²) < 4.78 is 79.3. The molecule has 29 heavy (non-hydrogen) atoms. The highest BCUT2D eigenvalue weighted by Gasteiger charge is 2.36. The van der Waals surface area contributed by atoms with Gasteiger partial charge in [0.2, 0.25) is 10.0 Å². The highest BCUT2D eigenvalue weighted by atomic mass is 35.5. The molecule has 0 aliphatic carbocycles. The van der Waals surface area contributed by atoms with Gasteiger partial charge in [-0.1, -0.05) is 23.7 Å². The van der Waals surface area contributed by atoms with Crippen molar-refractivity contribution in [2.45, 2.75) is 11.1 Å². The number of benzene rings is 2. The molecule has 0 radical (unpaired) electrons. The fraction of sp³-hybridized carbons (Fsp3) is 0.278. The third kappa shape index (κ3) is 4.39. The Labute approximate surface area is 169 Å². The standard InChI is InChI=1S/C18H15ClF4N2O3S/c19-15-6-5-12(11-14(15)18(21,22)23)29(27,28)25-9-7-24(8-10-25)17(26)13-3-1-2-4-16(13)20/h1-6,11H,7-10H2. The van der Waals surface area contributed by atoms with Crippen molar-refractivity contribution in [3.8, 4) is 0 Å². The van der Waals surface area contributed by atoms with Gasteiger partial charge in [-0.2, -0.15) is 17.5 Å². The van der Waals surface area contributed by atoms with Crippen LogP contribution in [0.25, 0.3) is 0 Å². The Morgan fingerprint density at radius 3 is 2.21 bits per heavy atom. The van der Waals surface area contributed by atoms with Crippen molar-refractivity contribution >= 4 is 27.5 Å². The maximum atomic E-state index is 13.8. The number of amides is 1. The summed E-state index contributed by atoms with van der Waals surface area (Å²) in [4.78, 5) is 13.2. The first-order valence-corrected chi connectivity index (χ1v) is 10.2. The van der Waals surface area contributed by atoms with Gasteiger partial charge in [0, 0.05) is 26.2 Å². The van der Waals surface area contributed by atoms with Crippen LogP contribution in [0.2, 0.25) is 5.02 Å². The van der Waals surface area contributed by atoms with Crippen LogP contribution in [-0.2, 0) is 16.2 Å². The Morgan fingerprint density at radius 1 is 1.00 bits per heavy atom. The van der Waals surface area contributed by atoms with Crippen LogP contribution in [-0.4, -0.2) is 49.7 Å². The average molecular weight is 451 g/mol. The van der Waals surface area contributed by atoms with Gasteiger partial charge >= 0.3 is 6.18 Å². The lowest BCUT2D eigenvalue weighted by atomic mass is 10.1. The normalized spacial score (nSPS) is 16.1. The minimum absolute atomic E-state index is 0.0217. The summed E-state index contributed by atoms with van der Waals surface area (Å²) in [6, 6.07) is 7.81. The summed E-state index contributed by atoms with van der Waals surface area (Å²) in [6.07, 6.45) is -4.80. The van der Waals surface area contributed by atoms with Crippen LogP contribution in [0.4, 0.5) is 17.6 Å². The minimum atomic E-state index is -4.80. The number of hydrogen-bond acceptors (Lipinski definition) is 3. The predicted molar refractivity (Wildman–Crippen MR) is 97.5 cm³/mol. The molecule has 1 aliphatic heterocycles. The summed E-state index contributed by atoms with van der Waals surface area (Å²) in [5.41, 5.74) is -1.37. The Hall–Kier alpha value is -2.17. The molecule has 5 nitrogen and oxygen atoms in total. The topological polar surface area (TPSA) is 57.7 Å². The molecule has 156 valence electrons. The molecule has 2 aromatic carbocycles. The van der Waals surface area contributed by atoms with Crippen LogP contribution in [0.15, 0.2) is 47.4 Å². The van der Waals surface area contributed by atoms with E-state index in [1.165, 1.54) is 23.1 Å². The van der Waals surface area contributed by atoms with E-state index in [9.17, 15) is 30.8 Å². The summed E-state index contributed by atoms with van der Waals surface area (Å²) in [5, 5.41) is -0.600. The van der Waals surface area contributed by atoms with Crippen LogP contribution in [0.3, 0.4) is 0 Å². The number of carbonyl (C=O) groups is 1. The molecule has 0 bridgehead atoms. The van der Waals surface area contributed by atoms with Crippen molar-refractivity contribution in [1.29, 1.82) is 0 Å². The molecule has 3 rings (SSSR count). The number of carbonyl (C=O) groups excluding carboxylic acids is 1. The Morgan fingerprint density at radius 2 is 1.62 bits per heavy atom. The first-order valence-electron chi connectivity index (χ1n) is 8.42. The Balaban J connectivity index is 1.77. The number of piperazine rings is 1. The van der Waals surface area contributed by atoms with E-state index in [-0.39, 0.29) is 31.7 Å². The van der Waals surface area contributed by atoms with Crippen LogP contribution in [0.5, 0.6) is 0 Å². The van der Waals surface area contributed by atoms with Crippen molar-refractivity contribution in [3.63, 3.8) is 0 Å². The first kappa shape index (κ1) is 21.5. The zero-order chi connectivity index (χ0) is 21.4. The molecule has 2 aromatic rings. The molecule has 0 spiro atoms. The highest BCUT2D eigenvalue weighted by Crippen LogP contribution is 2.36. The fourth-order valence-corrected chi connectivity index (χ4v) is 4.64. The van der Waals surface area contributed by atoms with Gasteiger partial charge in [-0.05, 0) is 30.3 Å². The van der Waals surface area contributed by atoms with E-state index in [2.05, 4.69) is 0 Å². The van der Waals surface area contributed by atoms with E-state index in [1.807, 2.05) is 0 Å². The molecule has 0 aromatic heterocycles. The van der Waals surface area contributed by atoms with Crippen molar-refractivity contribution in [2.75, 3.05) is 26.2 Å². The lowest BCUT2D eigenvalue weighted by Crippen LogP contribution is -2.50. The van der Waals surface area contributed by atoms with Crippen LogP contribution >= 0.6 is 11.6 Å². The molecule has 1 amide bonds. The number of nitrogens with zero attached hydrogens (tertiary/aromatic N) is 2. The number of rotatable bonds is 3. The molecule has 0 atom stereocenters. The second-order valence-electron chi connectivity index (χ2n) is 6.32. The van der Waals surface area contributed by atoms with Crippen LogP contribution < -0.4 is 0 Å². The van der Waals surface area contributed by atoms with Gasteiger partial charge < -0.3 is 4.90 Å². The van der Waals surface area contributed by atoms with Gasteiger partial charge in [-0.25, -0.2) is 12.8 Å². The van der Waals surface area contributed by atoms with Crippen molar-refractivity contribution in [1.82, 2.24) is 9.21 Å². The molecule has 0 saturated carbocycles. The van der Waals surface area contributed by atoms with Crippen molar-refractivity contribution < 1.29 is 30.8 Å². The van der Waals surface area contributed by atoms with Crippen LogP contribution in [0, 0.1) is 5.82 Å². The first-order chi connectivity index (χ1) is 13.5. The second-order valence-corrected chi connectivity index (χ2v) is 8.66. The number of alkyl halides is 3. The third-order valence-electron chi connectivity index (χ3n) is 4.51. The molecule has 1 aliphatic rings. The van der Waals surface area contributed by atoms with Crippen molar-refractivity contribution in [2.24, 2.45) is 0 Å². The molecule has 0 N–H and O–H groups in total. The summed E-state index contributed by atoms with van der Waals surface area (Å²) in [6.45, 7) is -0.308. The highest BCUT2D eigenvalue weighted by molar-refractivity contribution is 7.89. The molecule has 1 heterocycles. The Kier molecular flexibility index (Phi) is 5.88. The summed E-state index contributed by atoms with van der Waals surface area (Å²) in [5.74, 6) is -1.26. The smallest absolute Gasteiger partial charge is 0.336 e. The number of halogens is 5. The summed E-state index contributed by atoms with van der Waals surface area (Å²) in [7, 11) is -4.22. The van der Waals surface area contributed by atoms with Gasteiger partial charge in [0.05, 0.1) is 21.0 Å². The van der Waals surface area contributed by atoms with E-state index < -0.39 is 43.4 Å². The van der Waals surface area contributed by atoms with E-state index in [4.69, 9.17) is 11.6 Å². The SMILES string of the molecule is O=C(c1ccccc1F)N1CCN(S(=O)(=O)c2ccc(Cl)c(C(F)(F)F)c2)CC1. The maximum absolute atomic E-state index is 13.8. The predicted octanol–water partition coefficient (Wildman–Crippen LogP) is 3.64. The molecule has 1 fully saturated rings. The molecule has 0 unspecified atom stereocenters. The van der Waals surface area contributed by atoms with E-state index >= 15 is 0 Å². The lowest BCUT2D eigenvalue weighted by Gasteiger charge is -2.34. The lowest BCUT2D eigenvalue weighted by molar-refractivity contribution is -0.137. The monoisotopic (exact) mass is 450 g/mol. The average Bonchev–Trinajstić information content (AvgIpc) is 2.67. The largest absolute Gasteiger partial charge is 0.417 e. The van der Waals surface area contributed by atoms with Gasteiger partial charge in [-0.3, -0.25) is 4.79 Å². The third-order valence-corrected chi connectivity index (χ3v) is 6.74. The molecule has 11 heteroatoms. The van der Waals surface area contributed by atoms with Gasteiger partial charge in [0.25, 0.3) is 5.91 Å². The quantitative estimate of drug-likeness (QED) is 0.671. The summed E-state index contributed by atoms with van der Waals surface area (Å²) >= 11 is 5.54. The van der Waals surface area contributed by atoms with E-state index in [0.29, 0.717) is 6.07 Å². The van der Waals surface area contributed by atoms with Gasteiger partial charge in [-0.15, -0.1) is 0 Å². The maximum Gasteiger partial charge on any atom is 0.417 e. The minimum Gasteiger partial charge on any atom is -0.336 e. The second kappa shape index (κ2) is 7.92. The zero-order valence-corrected chi connectivity index (χ0v) is 16.4. The molecular formula is C18H15ClF4N2O3S. The fourth-order valence-electron chi connectivity index (χ4n) is 2.97. The molecular weight excluding hydrogens is 436 g/mol. The van der Waals surface area contributed by atoms with Gasteiger partial charge in [0.15, 0.2) is 0 Å². The van der Waals surface area contributed by atoms with E-state index in [1.54, 1.807) is 0 Å². The number of sulfonamides is 1. The Bertz CT molecular complexity index is 1040. The zero-order valence-electron chi connectivity index (χ0n) is 14.8. The van der Waals surface area contributed by atoms with Crippen LogP contribution in [0.1, 0.15) is 15.9 Å². The van der Waals surface area contributed by atoms with Crippen molar-refractivity contribution in [3.05, 3.63) is 64.4 Å². The number of hydrogen-bond donors (Lipinski definition) is 0. The molecule has 1 saturated heterocycles.